The number of alkyl halides is 2. The Morgan fingerprint density at radius 1 is 0.926 bits per heavy atom. The Kier molecular flexibility index (Phi) is 5.61. The number of rotatable bonds is 5. The summed E-state index contributed by atoms with van der Waals surface area (Å²) in [5, 5.41) is 1.97. The second-order valence-corrected chi connectivity index (χ2v) is 5.72. The molecule has 3 rings (SSSR count). The molecule has 0 atom stereocenters. The monoisotopic (exact) mass is 370 g/mol. The number of amides is 2. The summed E-state index contributed by atoms with van der Waals surface area (Å²) in [6.07, 6.45) is 0.0795. The fourth-order valence-corrected chi connectivity index (χ4v) is 2.68. The van der Waals surface area contributed by atoms with Crippen LogP contribution in [0.15, 0.2) is 66.7 Å². The number of ether oxygens (including phenoxy) is 1. The number of hydrogen-bond acceptors (Lipinski definition) is 3. The molecule has 0 aliphatic heterocycles. The summed E-state index contributed by atoms with van der Waals surface area (Å²) in [5.74, 6) is -1.18. The minimum Gasteiger partial charge on any atom is -0.435 e. The van der Waals surface area contributed by atoms with Gasteiger partial charge in [0.15, 0.2) is 0 Å². The number of halogens is 2. The summed E-state index contributed by atoms with van der Waals surface area (Å²) in [7, 11) is 0. The van der Waals surface area contributed by atoms with Crippen LogP contribution in [0.2, 0.25) is 0 Å². The number of fused-ring (bicyclic) bond motifs is 1. The molecule has 0 saturated carbocycles. The highest BCUT2D eigenvalue weighted by atomic mass is 19.3. The Morgan fingerprint density at radius 3 is 2.48 bits per heavy atom. The van der Waals surface area contributed by atoms with Crippen LogP contribution in [0, 0.1) is 0 Å². The molecular formula is C20H16F2N2O3. The maximum absolute atomic E-state index is 12.2. The van der Waals surface area contributed by atoms with E-state index in [-0.39, 0.29) is 17.7 Å². The first kappa shape index (κ1) is 18.3. The third-order valence-electron chi connectivity index (χ3n) is 3.87. The Balaban J connectivity index is 1.61. The van der Waals surface area contributed by atoms with E-state index in [1.807, 2.05) is 42.5 Å². The van der Waals surface area contributed by atoms with Crippen molar-refractivity contribution in [1.29, 1.82) is 0 Å². The molecular weight excluding hydrogens is 354 g/mol. The first-order valence-electron chi connectivity index (χ1n) is 8.13. The van der Waals surface area contributed by atoms with Crippen molar-refractivity contribution < 1.29 is 23.1 Å². The van der Waals surface area contributed by atoms with Crippen molar-refractivity contribution in [3.8, 4) is 5.75 Å². The van der Waals surface area contributed by atoms with Crippen molar-refractivity contribution >= 4 is 22.6 Å². The molecule has 138 valence electrons. The van der Waals surface area contributed by atoms with Crippen LogP contribution < -0.4 is 15.6 Å². The molecule has 5 nitrogen and oxygen atoms in total. The molecule has 0 unspecified atom stereocenters. The molecule has 0 heterocycles. The zero-order chi connectivity index (χ0) is 19.2. The van der Waals surface area contributed by atoms with Gasteiger partial charge in [-0.25, -0.2) is 0 Å². The predicted octanol–water partition coefficient (Wildman–Crippen LogP) is 3.44. The minimum absolute atomic E-state index is 0.0795. The van der Waals surface area contributed by atoms with E-state index in [2.05, 4.69) is 15.6 Å². The smallest absolute Gasteiger partial charge is 0.387 e. The van der Waals surface area contributed by atoms with Crippen molar-refractivity contribution in [2.45, 2.75) is 13.0 Å². The molecule has 0 fully saturated rings. The number of carbonyl (C=O) groups is 2. The number of nitrogens with one attached hydrogen (secondary N) is 2. The molecule has 3 aromatic rings. The molecule has 2 amide bonds. The second kappa shape index (κ2) is 8.27. The van der Waals surface area contributed by atoms with Crippen molar-refractivity contribution in [2.75, 3.05) is 0 Å². The van der Waals surface area contributed by atoms with Gasteiger partial charge in [0.05, 0.1) is 6.42 Å². The lowest BCUT2D eigenvalue weighted by molar-refractivity contribution is -0.121. The van der Waals surface area contributed by atoms with Crippen LogP contribution in [0.3, 0.4) is 0 Å². The lowest BCUT2D eigenvalue weighted by Gasteiger charge is -2.10. The Labute approximate surface area is 153 Å². The number of benzene rings is 3. The van der Waals surface area contributed by atoms with Gasteiger partial charge in [0.1, 0.15) is 5.75 Å². The summed E-state index contributed by atoms with van der Waals surface area (Å²) < 4.78 is 28.7. The number of carbonyl (C=O) groups excluding carboxylic acids is 2. The predicted molar refractivity (Wildman–Crippen MR) is 96.3 cm³/mol. The molecule has 0 aliphatic rings. The van der Waals surface area contributed by atoms with Crippen LogP contribution in [0.1, 0.15) is 15.9 Å². The van der Waals surface area contributed by atoms with Crippen LogP contribution in [0.4, 0.5) is 8.78 Å². The maximum Gasteiger partial charge on any atom is 0.387 e. The van der Waals surface area contributed by atoms with Gasteiger partial charge in [-0.2, -0.15) is 8.78 Å². The van der Waals surface area contributed by atoms with Gasteiger partial charge in [0.25, 0.3) is 5.91 Å². The summed E-state index contributed by atoms with van der Waals surface area (Å²) in [6.45, 7) is -2.98. The molecule has 3 aromatic carbocycles. The highest BCUT2D eigenvalue weighted by Crippen LogP contribution is 2.19. The summed E-state index contributed by atoms with van der Waals surface area (Å²) >= 11 is 0. The van der Waals surface area contributed by atoms with E-state index in [1.165, 1.54) is 24.3 Å². The van der Waals surface area contributed by atoms with Crippen molar-refractivity contribution in [2.24, 2.45) is 0 Å². The maximum atomic E-state index is 12.2. The van der Waals surface area contributed by atoms with E-state index in [1.54, 1.807) is 0 Å². The lowest BCUT2D eigenvalue weighted by atomic mass is 10.0. The van der Waals surface area contributed by atoms with E-state index < -0.39 is 18.4 Å². The highest BCUT2D eigenvalue weighted by molar-refractivity contribution is 5.96. The average Bonchev–Trinajstić information content (AvgIpc) is 2.66. The normalized spacial score (nSPS) is 10.6. The van der Waals surface area contributed by atoms with E-state index in [4.69, 9.17) is 0 Å². The summed E-state index contributed by atoms with van der Waals surface area (Å²) in [4.78, 5) is 24.2. The SMILES string of the molecule is O=C(Cc1cccc2ccccc12)NNC(=O)c1cccc(OC(F)F)c1. The molecule has 0 saturated heterocycles. The van der Waals surface area contributed by atoms with Crippen LogP contribution >= 0.6 is 0 Å². The third kappa shape index (κ3) is 4.78. The Hall–Kier alpha value is -3.48. The summed E-state index contributed by atoms with van der Waals surface area (Å²) in [5.41, 5.74) is 5.50. The molecule has 0 radical (unpaired) electrons. The van der Waals surface area contributed by atoms with E-state index in [0.717, 1.165) is 16.3 Å². The van der Waals surface area contributed by atoms with Crippen LogP contribution in [0.5, 0.6) is 5.75 Å². The Morgan fingerprint density at radius 2 is 1.67 bits per heavy atom. The molecule has 0 spiro atoms. The van der Waals surface area contributed by atoms with Crippen molar-refractivity contribution in [1.82, 2.24) is 10.9 Å². The van der Waals surface area contributed by atoms with E-state index >= 15 is 0 Å². The standard InChI is InChI=1S/C20H16F2N2O3/c21-20(22)27-16-9-4-8-15(11-16)19(26)24-23-18(25)12-14-7-3-6-13-5-1-2-10-17(13)14/h1-11,20H,12H2,(H,23,25)(H,24,26). The van der Waals surface area contributed by atoms with Gasteiger partial charge in [-0.1, -0.05) is 48.5 Å². The first-order valence-corrected chi connectivity index (χ1v) is 8.13. The second-order valence-electron chi connectivity index (χ2n) is 5.72. The zero-order valence-corrected chi connectivity index (χ0v) is 14.1. The third-order valence-corrected chi connectivity index (χ3v) is 3.87. The van der Waals surface area contributed by atoms with Gasteiger partial charge in [-0.3, -0.25) is 20.4 Å². The van der Waals surface area contributed by atoms with Crippen LogP contribution in [-0.2, 0) is 11.2 Å². The quantitative estimate of drug-likeness (QED) is 0.676. The van der Waals surface area contributed by atoms with Crippen LogP contribution in [-0.4, -0.2) is 18.4 Å². The largest absolute Gasteiger partial charge is 0.435 e. The van der Waals surface area contributed by atoms with E-state index in [0.29, 0.717) is 0 Å². The molecule has 0 aliphatic carbocycles. The van der Waals surface area contributed by atoms with Crippen molar-refractivity contribution in [3.05, 3.63) is 77.9 Å². The zero-order valence-electron chi connectivity index (χ0n) is 14.1. The van der Waals surface area contributed by atoms with Gasteiger partial charge in [-0.15, -0.1) is 0 Å². The molecule has 0 bridgehead atoms. The fourth-order valence-electron chi connectivity index (χ4n) is 2.68. The topological polar surface area (TPSA) is 67.4 Å². The molecule has 2 N–H and O–H groups in total. The average molecular weight is 370 g/mol. The number of hydrazine groups is 1. The number of hydrogen-bond donors (Lipinski definition) is 2. The van der Waals surface area contributed by atoms with Crippen molar-refractivity contribution in [3.63, 3.8) is 0 Å². The Bertz CT molecular complexity index is 971. The van der Waals surface area contributed by atoms with Crippen LogP contribution in [0.25, 0.3) is 10.8 Å². The molecule has 0 aromatic heterocycles. The van der Waals surface area contributed by atoms with Gasteiger partial charge in [-0.05, 0) is 34.5 Å². The fraction of sp³-hybridized carbons (Fsp3) is 0.100. The van der Waals surface area contributed by atoms with Gasteiger partial charge < -0.3 is 4.74 Å². The van der Waals surface area contributed by atoms with Gasteiger partial charge >= 0.3 is 6.61 Å². The highest BCUT2D eigenvalue weighted by Gasteiger charge is 2.11. The summed E-state index contributed by atoms with van der Waals surface area (Å²) in [6, 6.07) is 18.6. The lowest BCUT2D eigenvalue weighted by Crippen LogP contribution is -2.42. The molecule has 27 heavy (non-hydrogen) atoms. The van der Waals surface area contributed by atoms with Gasteiger partial charge in [0, 0.05) is 5.56 Å². The minimum atomic E-state index is -2.98. The molecule has 7 heteroatoms. The van der Waals surface area contributed by atoms with Gasteiger partial charge in [0.2, 0.25) is 5.91 Å². The van der Waals surface area contributed by atoms with E-state index in [9.17, 15) is 18.4 Å². The first-order chi connectivity index (χ1) is 13.0.